The Kier molecular flexibility index (Phi) is 3.49. The zero-order valence-electron chi connectivity index (χ0n) is 12.9. The Bertz CT molecular complexity index is 892. The molecule has 1 aliphatic heterocycles. The zero-order valence-corrected chi connectivity index (χ0v) is 12.9. The van der Waals surface area contributed by atoms with Crippen LogP contribution in [0.2, 0.25) is 0 Å². The van der Waals surface area contributed by atoms with Gasteiger partial charge in [-0.1, -0.05) is 0 Å². The number of halogens is 1. The van der Waals surface area contributed by atoms with Crippen LogP contribution in [0.1, 0.15) is 30.3 Å². The highest BCUT2D eigenvalue weighted by Crippen LogP contribution is 2.33. The lowest BCUT2D eigenvalue weighted by molar-refractivity contribution is 0.238. The molecule has 0 bridgehead atoms. The number of likely N-dealkylation sites (tertiary alicyclic amines) is 1. The molecule has 5 N–H and O–H groups in total. The van der Waals surface area contributed by atoms with Crippen molar-refractivity contribution in [3.05, 3.63) is 35.7 Å². The molecule has 9 heteroatoms. The van der Waals surface area contributed by atoms with Crippen LogP contribution in [-0.2, 0) is 6.54 Å². The molecule has 1 unspecified atom stereocenters. The summed E-state index contributed by atoms with van der Waals surface area (Å²) in [4.78, 5) is 21.7. The van der Waals surface area contributed by atoms with E-state index in [4.69, 9.17) is 11.5 Å². The number of aromatic amines is 1. The lowest BCUT2D eigenvalue weighted by Gasteiger charge is -2.22. The number of nitrogens with two attached hydrogens (primary N) is 2. The largest absolute Gasteiger partial charge is 0.382 e. The molecule has 124 valence electrons. The molecule has 3 aromatic rings. The van der Waals surface area contributed by atoms with Crippen LogP contribution in [-0.4, -0.2) is 36.4 Å². The standard InChI is InChI=1S/C15H17FN8/c16-9-6-19-4-3-8(9)7-24-5-1-2-10(24)13-20-11-12(17)21-15(18)23-14(11)22-13/h3-4,6,10H,1-2,5,7H2,(H5,17,18,20,21,22,23). The lowest BCUT2D eigenvalue weighted by atomic mass is 10.2. The van der Waals surface area contributed by atoms with Crippen molar-refractivity contribution in [3.8, 4) is 0 Å². The normalized spacial score (nSPS) is 18.5. The highest BCUT2D eigenvalue weighted by atomic mass is 19.1. The van der Waals surface area contributed by atoms with E-state index < -0.39 is 0 Å². The highest BCUT2D eigenvalue weighted by molar-refractivity contribution is 5.82. The maximum absolute atomic E-state index is 13.9. The molecule has 1 aliphatic rings. The number of rotatable bonds is 3. The number of pyridine rings is 1. The van der Waals surface area contributed by atoms with Crippen LogP contribution in [0.4, 0.5) is 16.2 Å². The molecular weight excluding hydrogens is 311 g/mol. The van der Waals surface area contributed by atoms with Gasteiger partial charge in [-0.25, -0.2) is 9.37 Å². The molecule has 1 fully saturated rings. The van der Waals surface area contributed by atoms with Crippen LogP contribution >= 0.6 is 0 Å². The fourth-order valence-electron chi connectivity index (χ4n) is 3.19. The van der Waals surface area contributed by atoms with E-state index in [1.807, 2.05) is 0 Å². The summed E-state index contributed by atoms with van der Waals surface area (Å²) in [5, 5.41) is 0. The molecular formula is C15H17FN8. The van der Waals surface area contributed by atoms with E-state index in [1.165, 1.54) is 6.20 Å². The van der Waals surface area contributed by atoms with Crippen LogP contribution in [0.25, 0.3) is 11.2 Å². The number of fused-ring (bicyclic) bond motifs is 1. The van der Waals surface area contributed by atoms with Gasteiger partial charge in [0, 0.05) is 18.3 Å². The van der Waals surface area contributed by atoms with Crippen molar-refractivity contribution >= 4 is 22.9 Å². The van der Waals surface area contributed by atoms with Crippen LogP contribution in [0.15, 0.2) is 18.5 Å². The van der Waals surface area contributed by atoms with Crippen LogP contribution in [0, 0.1) is 5.82 Å². The maximum Gasteiger partial charge on any atom is 0.224 e. The molecule has 1 atom stereocenters. The second kappa shape index (κ2) is 5.68. The first-order valence-corrected chi connectivity index (χ1v) is 7.73. The fraction of sp³-hybridized carbons (Fsp3) is 0.333. The molecule has 0 spiro atoms. The van der Waals surface area contributed by atoms with Gasteiger partial charge in [-0.2, -0.15) is 9.97 Å². The summed E-state index contributed by atoms with van der Waals surface area (Å²) in [6.45, 7) is 1.37. The van der Waals surface area contributed by atoms with Crippen molar-refractivity contribution in [1.82, 2.24) is 29.8 Å². The Morgan fingerprint density at radius 1 is 1.29 bits per heavy atom. The van der Waals surface area contributed by atoms with Gasteiger partial charge in [-0.15, -0.1) is 0 Å². The minimum absolute atomic E-state index is 0.0485. The van der Waals surface area contributed by atoms with E-state index in [0.29, 0.717) is 23.3 Å². The van der Waals surface area contributed by atoms with Gasteiger partial charge in [0.2, 0.25) is 5.95 Å². The predicted octanol–water partition coefficient (Wildman–Crippen LogP) is 1.39. The molecule has 1 saturated heterocycles. The van der Waals surface area contributed by atoms with Gasteiger partial charge in [-0.05, 0) is 25.5 Å². The second-order valence-corrected chi connectivity index (χ2v) is 5.88. The SMILES string of the molecule is Nc1nc(N)c2[nH]c(C3CCCN3Cc3ccncc3F)nc2n1. The van der Waals surface area contributed by atoms with Gasteiger partial charge in [0.25, 0.3) is 0 Å². The van der Waals surface area contributed by atoms with E-state index >= 15 is 0 Å². The summed E-state index contributed by atoms with van der Waals surface area (Å²) in [6.07, 6.45) is 4.78. The van der Waals surface area contributed by atoms with E-state index in [-0.39, 0.29) is 23.6 Å². The quantitative estimate of drug-likeness (QED) is 0.664. The Labute approximate surface area is 137 Å². The molecule has 4 rings (SSSR count). The molecule has 0 aliphatic carbocycles. The molecule has 24 heavy (non-hydrogen) atoms. The van der Waals surface area contributed by atoms with Crippen LogP contribution in [0.3, 0.4) is 0 Å². The van der Waals surface area contributed by atoms with Gasteiger partial charge >= 0.3 is 0 Å². The van der Waals surface area contributed by atoms with E-state index in [9.17, 15) is 4.39 Å². The number of nitrogen functional groups attached to an aromatic ring is 2. The first kappa shape index (κ1) is 14.8. The fourth-order valence-corrected chi connectivity index (χ4v) is 3.19. The molecule has 0 saturated carbocycles. The third-order valence-corrected chi connectivity index (χ3v) is 4.32. The van der Waals surface area contributed by atoms with Gasteiger partial charge in [0.05, 0.1) is 12.2 Å². The van der Waals surface area contributed by atoms with Gasteiger partial charge < -0.3 is 16.5 Å². The lowest BCUT2D eigenvalue weighted by Crippen LogP contribution is -2.24. The molecule has 0 aromatic carbocycles. The maximum atomic E-state index is 13.9. The van der Waals surface area contributed by atoms with Gasteiger partial charge in [0.15, 0.2) is 11.5 Å². The van der Waals surface area contributed by atoms with Crippen molar-refractivity contribution in [3.63, 3.8) is 0 Å². The number of aromatic nitrogens is 5. The topological polar surface area (TPSA) is 123 Å². The number of imidazole rings is 1. The summed E-state index contributed by atoms with van der Waals surface area (Å²) in [7, 11) is 0. The number of nitrogens with one attached hydrogen (secondary N) is 1. The number of anilines is 2. The third kappa shape index (κ3) is 2.52. The number of hydrogen-bond acceptors (Lipinski definition) is 7. The van der Waals surface area contributed by atoms with Crippen LogP contribution < -0.4 is 11.5 Å². The third-order valence-electron chi connectivity index (χ3n) is 4.32. The Morgan fingerprint density at radius 3 is 3.00 bits per heavy atom. The molecule has 4 heterocycles. The van der Waals surface area contributed by atoms with Crippen molar-refractivity contribution in [2.75, 3.05) is 18.0 Å². The van der Waals surface area contributed by atoms with Crippen molar-refractivity contribution in [2.45, 2.75) is 25.4 Å². The first-order valence-electron chi connectivity index (χ1n) is 7.73. The van der Waals surface area contributed by atoms with Crippen molar-refractivity contribution < 1.29 is 4.39 Å². The van der Waals surface area contributed by atoms with Crippen molar-refractivity contribution in [1.29, 1.82) is 0 Å². The minimum Gasteiger partial charge on any atom is -0.382 e. The summed E-state index contributed by atoms with van der Waals surface area (Å²) < 4.78 is 13.9. The smallest absolute Gasteiger partial charge is 0.224 e. The monoisotopic (exact) mass is 328 g/mol. The Hall–Kier alpha value is -2.81. The summed E-state index contributed by atoms with van der Waals surface area (Å²) in [5.74, 6) is 0.834. The average molecular weight is 328 g/mol. The molecule has 0 amide bonds. The van der Waals surface area contributed by atoms with E-state index in [0.717, 1.165) is 25.2 Å². The first-order chi connectivity index (χ1) is 11.6. The number of hydrogen-bond donors (Lipinski definition) is 3. The summed E-state index contributed by atoms with van der Waals surface area (Å²) in [6, 6.07) is 1.75. The van der Waals surface area contributed by atoms with Gasteiger partial charge in [-0.3, -0.25) is 9.88 Å². The van der Waals surface area contributed by atoms with E-state index in [1.54, 1.807) is 12.3 Å². The molecule has 8 nitrogen and oxygen atoms in total. The van der Waals surface area contributed by atoms with E-state index in [2.05, 4.69) is 29.8 Å². The number of H-pyrrole nitrogens is 1. The molecule has 0 radical (unpaired) electrons. The van der Waals surface area contributed by atoms with Crippen LogP contribution in [0.5, 0.6) is 0 Å². The Morgan fingerprint density at radius 2 is 2.17 bits per heavy atom. The highest BCUT2D eigenvalue weighted by Gasteiger charge is 2.29. The Balaban J connectivity index is 1.65. The van der Waals surface area contributed by atoms with Crippen molar-refractivity contribution in [2.24, 2.45) is 0 Å². The van der Waals surface area contributed by atoms with Gasteiger partial charge in [0.1, 0.15) is 17.2 Å². The summed E-state index contributed by atoms with van der Waals surface area (Å²) in [5.41, 5.74) is 13.2. The molecule has 3 aromatic heterocycles. The average Bonchev–Trinajstić information content (AvgIpc) is 3.16. The summed E-state index contributed by atoms with van der Waals surface area (Å²) >= 11 is 0. The number of nitrogens with zero attached hydrogens (tertiary/aromatic N) is 5. The second-order valence-electron chi connectivity index (χ2n) is 5.88. The predicted molar refractivity (Wildman–Crippen MR) is 87.1 cm³/mol. The minimum atomic E-state index is -0.296. The zero-order chi connectivity index (χ0) is 16.7.